The number of primary amides is 1. The Morgan fingerprint density at radius 1 is 1.53 bits per heavy atom. The molecule has 0 fully saturated rings. The Bertz CT molecular complexity index is 614. The molecule has 2 N–H and O–H groups in total. The van der Waals surface area contributed by atoms with Gasteiger partial charge in [0.25, 0.3) is 5.56 Å². The average molecular weight is 234 g/mol. The maximum atomic E-state index is 11.6. The molecule has 88 valence electrons. The molecule has 0 bridgehead atoms. The second kappa shape index (κ2) is 4.20. The van der Waals surface area contributed by atoms with Gasteiger partial charge in [0.05, 0.1) is 0 Å². The molecule has 2 aromatic rings. The molecule has 7 heteroatoms. The normalized spacial score (nSPS) is 10.4. The first-order valence-corrected chi connectivity index (χ1v) is 4.85. The van der Waals surface area contributed by atoms with Crippen LogP contribution in [0.1, 0.15) is 22.1 Å². The van der Waals surface area contributed by atoms with Crippen molar-refractivity contribution in [3.63, 3.8) is 0 Å². The minimum Gasteiger partial charge on any atom is -0.424 e. The first kappa shape index (κ1) is 11.1. The summed E-state index contributed by atoms with van der Waals surface area (Å²) in [4.78, 5) is 22.5. The van der Waals surface area contributed by atoms with Crippen molar-refractivity contribution in [1.29, 1.82) is 0 Å². The molecule has 0 saturated carbocycles. The third kappa shape index (κ3) is 2.39. The van der Waals surface area contributed by atoms with Crippen molar-refractivity contribution in [2.24, 2.45) is 5.73 Å². The van der Waals surface area contributed by atoms with E-state index in [0.29, 0.717) is 11.8 Å². The van der Waals surface area contributed by atoms with Gasteiger partial charge < -0.3 is 14.7 Å². The quantitative estimate of drug-likeness (QED) is 0.784. The van der Waals surface area contributed by atoms with Crippen LogP contribution in [0.15, 0.2) is 27.5 Å². The molecular formula is C10H10N4O3. The summed E-state index contributed by atoms with van der Waals surface area (Å²) >= 11 is 0. The molecule has 2 heterocycles. The molecule has 2 aromatic heterocycles. The molecule has 0 aliphatic carbocycles. The van der Waals surface area contributed by atoms with E-state index < -0.39 is 5.91 Å². The van der Waals surface area contributed by atoms with Crippen molar-refractivity contribution in [1.82, 2.24) is 14.8 Å². The van der Waals surface area contributed by atoms with Crippen molar-refractivity contribution >= 4 is 5.91 Å². The minimum atomic E-state index is -0.636. The standard InChI is InChI=1S/C10H10N4O3/c1-6-12-13-8(17-6)5-14-3-2-7(10(11)16)4-9(14)15/h2-4H,5H2,1H3,(H2,11,16). The van der Waals surface area contributed by atoms with Crippen LogP contribution >= 0.6 is 0 Å². The third-order valence-corrected chi connectivity index (χ3v) is 2.15. The summed E-state index contributed by atoms with van der Waals surface area (Å²) in [6.07, 6.45) is 1.46. The van der Waals surface area contributed by atoms with Crippen LogP contribution in [-0.2, 0) is 6.54 Å². The number of rotatable bonds is 3. The lowest BCUT2D eigenvalue weighted by Gasteiger charge is -2.02. The van der Waals surface area contributed by atoms with Crippen molar-refractivity contribution in [3.05, 3.63) is 46.0 Å². The molecule has 0 spiro atoms. The van der Waals surface area contributed by atoms with Gasteiger partial charge in [-0.25, -0.2) is 0 Å². The number of carbonyl (C=O) groups is 1. The number of aromatic nitrogens is 3. The van der Waals surface area contributed by atoms with Crippen LogP contribution < -0.4 is 11.3 Å². The van der Waals surface area contributed by atoms with E-state index in [4.69, 9.17) is 10.2 Å². The van der Waals surface area contributed by atoms with Crippen molar-refractivity contribution in [2.45, 2.75) is 13.5 Å². The monoisotopic (exact) mass is 234 g/mol. The van der Waals surface area contributed by atoms with Gasteiger partial charge in [0, 0.05) is 24.8 Å². The third-order valence-electron chi connectivity index (χ3n) is 2.15. The van der Waals surface area contributed by atoms with E-state index in [-0.39, 0.29) is 17.7 Å². The van der Waals surface area contributed by atoms with E-state index in [2.05, 4.69) is 10.2 Å². The zero-order chi connectivity index (χ0) is 12.4. The lowest BCUT2D eigenvalue weighted by atomic mass is 10.2. The van der Waals surface area contributed by atoms with E-state index in [1.807, 2.05) is 0 Å². The van der Waals surface area contributed by atoms with Gasteiger partial charge in [-0.05, 0) is 6.07 Å². The summed E-state index contributed by atoms with van der Waals surface area (Å²) in [6, 6.07) is 2.64. The van der Waals surface area contributed by atoms with Gasteiger partial charge in [-0.15, -0.1) is 10.2 Å². The van der Waals surface area contributed by atoms with E-state index in [9.17, 15) is 9.59 Å². The molecule has 0 aromatic carbocycles. The highest BCUT2D eigenvalue weighted by Gasteiger charge is 2.07. The van der Waals surface area contributed by atoms with Gasteiger partial charge >= 0.3 is 0 Å². The van der Waals surface area contributed by atoms with Crippen LogP contribution in [0.25, 0.3) is 0 Å². The zero-order valence-corrected chi connectivity index (χ0v) is 9.08. The Balaban J connectivity index is 2.28. The van der Waals surface area contributed by atoms with Crippen LogP contribution in [0.4, 0.5) is 0 Å². The van der Waals surface area contributed by atoms with Crippen LogP contribution in [0.2, 0.25) is 0 Å². The Morgan fingerprint density at radius 3 is 2.82 bits per heavy atom. The maximum absolute atomic E-state index is 11.6. The van der Waals surface area contributed by atoms with E-state index in [1.54, 1.807) is 6.92 Å². The molecule has 0 atom stereocenters. The van der Waals surface area contributed by atoms with E-state index in [1.165, 1.54) is 22.9 Å². The Hall–Kier alpha value is -2.44. The van der Waals surface area contributed by atoms with Crippen molar-refractivity contribution in [2.75, 3.05) is 0 Å². The number of nitrogens with two attached hydrogens (primary N) is 1. The number of carbonyl (C=O) groups excluding carboxylic acids is 1. The second-order valence-electron chi connectivity index (χ2n) is 3.46. The highest BCUT2D eigenvalue weighted by atomic mass is 16.4. The van der Waals surface area contributed by atoms with Gasteiger partial charge in [-0.3, -0.25) is 9.59 Å². The van der Waals surface area contributed by atoms with Gasteiger partial charge in [0.15, 0.2) is 0 Å². The van der Waals surface area contributed by atoms with E-state index >= 15 is 0 Å². The molecule has 17 heavy (non-hydrogen) atoms. The maximum Gasteiger partial charge on any atom is 0.251 e. The number of nitrogens with zero attached hydrogens (tertiary/aromatic N) is 3. The second-order valence-corrected chi connectivity index (χ2v) is 3.46. The van der Waals surface area contributed by atoms with Crippen LogP contribution in [0, 0.1) is 6.92 Å². The first-order chi connectivity index (χ1) is 8.06. The SMILES string of the molecule is Cc1nnc(Cn2ccc(C(N)=O)cc2=O)o1. The first-order valence-electron chi connectivity index (χ1n) is 4.85. The van der Waals surface area contributed by atoms with Crippen molar-refractivity contribution < 1.29 is 9.21 Å². The molecule has 0 radical (unpaired) electrons. The summed E-state index contributed by atoms with van der Waals surface area (Å²) in [7, 11) is 0. The summed E-state index contributed by atoms with van der Waals surface area (Å²) in [5.74, 6) is 0.126. The predicted molar refractivity (Wildman–Crippen MR) is 57.4 cm³/mol. The Kier molecular flexibility index (Phi) is 2.73. The Labute approximate surface area is 95.9 Å². The highest BCUT2D eigenvalue weighted by Crippen LogP contribution is 2.00. The number of aryl methyl sites for hydroxylation is 1. The zero-order valence-electron chi connectivity index (χ0n) is 9.08. The molecule has 0 aliphatic heterocycles. The summed E-state index contributed by atoms with van der Waals surface area (Å²) in [5, 5.41) is 7.42. The molecule has 1 amide bonds. The minimum absolute atomic E-state index is 0.165. The van der Waals surface area contributed by atoms with Gasteiger partial charge in [-0.2, -0.15) is 0 Å². The molecular weight excluding hydrogens is 224 g/mol. The number of amides is 1. The summed E-state index contributed by atoms with van der Waals surface area (Å²) in [5.41, 5.74) is 4.88. The smallest absolute Gasteiger partial charge is 0.251 e. The molecule has 0 saturated heterocycles. The lowest BCUT2D eigenvalue weighted by molar-refractivity contribution is 0.1000. The number of hydrogen-bond acceptors (Lipinski definition) is 5. The predicted octanol–water partition coefficient (Wildman–Crippen LogP) is -0.313. The number of pyridine rings is 1. The molecule has 0 aliphatic rings. The van der Waals surface area contributed by atoms with Crippen molar-refractivity contribution in [3.8, 4) is 0 Å². The largest absolute Gasteiger partial charge is 0.424 e. The summed E-state index contributed by atoms with van der Waals surface area (Å²) in [6.45, 7) is 1.83. The fourth-order valence-electron chi connectivity index (χ4n) is 1.34. The highest BCUT2D eigenvalue weighted by molar-refractivity contribution is 5.92. The molecule has 7 nitrogen and oxygen atoms in total. The Morgan fingerprint density at radius 2 is 2.29 bits per heavy atom. The fourth-order valence-corrected chi connectivity index (χ4v) is 1.34. The van der Waals surface area contributed by atoms with Crippen LogP contribution in [0.5, 0.6) is 0 Å². The van der Waals surface area contributed by atoms with E-state index in [0.717, 1.165) is 0 Å². The van der Waals surface area contributed by atoms with Gasteiger partial charge in [-0.1, -0.05) is 0 Å². The molecule has 2 rings (SSSR count). The summed E-state index contributed by atoms with van der Waals surface area (Å²) < 4.78 is 6.49. The van der Waals surface area contributed by atoms with Gasteiger partial charge in [0.2, 0.25) is 17.7 Å². The average Bonchev–Trinajstić information content (AvgIpc) is 2.67. The van der Waals surface area contributed by atoms with Crippen LogP contribution in [-0.4, -0.2) is 20.7 Å². The van der Waals surface area contributed by atoms with Gasteiger partial charge in [0.1, 0.15) is 6.54 Å². The fraction of sp³-hybridized carbons (Fsp3) is 0.200. The topological polar surface area (TPSA) is 104 Å². The molecule has 0 unspecified atom stereocenters. The number of hydrogen-bond donors (Lipinski definition) is 1. The van der Waals surface area contributed by atoms with Crippen LogP contribution in [0.3, 0.4) is 0 Å². The lowest BCUT2D eigenvalue weighted by Crippen LogP contribution is -2.22.